The van der Waals surface area contributed by atoms with Gasteiger partial charge in [0.25, 0.3) is 0 Å². The van der Waals surface area contributed by atoms with Crippen LogP contribution < -0.4 is 15.4 Å². The summed E-state index contributed by atoms with van der Waals surface area (Å²) < 4.78 is 7.69. The van der Waals surface area contributed by atoms with Crippen LogP contribution in [0.5, 0.6) is 5.75 Å². The number of hydrogen-bond donors (Lipinski definition) is 2. The largest absolute Gasteiger partial charge is 0.487 e. The van der Waals surface area contributed by atoms with E-state index in [0.717, 1.165) is 17.1 Å². The van der Waals surface area contributed by atoms with E-state index in [-0.39, 0.29) is 12.1 Å². The van der Waals surface area contributed by atoms with Crippen molar-refractivity contribution < 1.29 is 14.4 Å². The van der Waals surface area contributed by atoms with E-state index in [1.54, 1.807) is 29.2 Å². The highest BCUT2D eigenvalue weighted by Crippen LogP contribution is 2.23. The standard InChI is InChI=1S/C21H22N6O3/c1-15-11-16(7-9-22-15)25-21(28)23-13-17-12-18(30-26-17)14-29-20-6-3-2-5-19(20)27-10-4-8-24-27/h2-11,18H,12-14H2,1H3,(H2,22,23,25,28). The molecule has 0 fully saturated rings. The molecular weight excluding hydrogens is 384 g/mol. The number of nitrogens with zero attached hydrogens (tertiary/aromatic N) is 4. The van der Waals surface area contributed by atoms with Crippen LogP contribution in [0.25, 0.3) is 5.69 Å². The number of rotatable bonds is 7. The molecule has 0 saturated carbocycles. The van der Waals surface area contributed by atoms with Crippen molar-refractivity contribution in [2.45, 2.75) is 19.4 Å². The number of benzene rings is 1. The Labute approximate surface area is 173 Å². The zero-order valence-corrected chi connectivity index (χ0v) is 16.5. The van der Waals surface area contributed by atoms with E-state index in [9.17, 15) is 4.79 Å². The van der Waals surface area contributed by atoms with E-state index in [2.05, 4.69) is 25.9 Å². The van der Waals surface area contributed by atoms with Crippen LogP contribution in [0.15, 0.2) is 66.2 Å². The maximum atomic E-state index is 12.1. The van der Waals surface area contributed by atoms with Gasteiger partial charge < -0.3 is 20.2 Å². The lowest BCUT2D eigenvalue weighted by atomic mass is 10.2. The summed E-state index contributed by atoms with van der Waals surface area (Å²) in [6.45, 7) is 2.51. The minimum absolute atomic E-state index is 0.210. The maximum Gasteiger partial charge on any atom is 0.319 e. The number of ether oxygens (including phenoxy) is 1. The van der Waals surface area contributed by atoms with Crippen molar-refractivity contribution in [1.82, 2.24) is 20.1 Å². The number of pyridine rings is 1. The fourth-order valence-corrected chi connectivity index (χ4v) is 3.02. The Morgan fingerprint density at radius 1 is 1.27 bits per heavy atom. The third-order valence-corrected chi connectivity index (χ3v) is 4.44. The van der Waals surface area contributed by atoms with E-state index in [1.165, 1.54) is 0 Å². The lowest BCUT2D eigenvalue weighted by Crippen LogP contribution is -2.33. The van der Waals surface area contributed by atoms with Gasteiger partial charge in [-0.05, 0) is 37.3 Å². The minimum atomic E-state index is -0.309. The molecule has 2 aromatic heterocycles. The van der Waals surface area contributed by atoms with Crippen molar-refractivity contribution in [3.8, 4) is 11.4 Å². The van der Waals surface area contributed by atoms with E-state index in [4.69, 9.17) is 9.57 Å². The number of aryl methyl sites for hydroxylation is 1. The Morgan fingerprint density at radius 3 is 3.00 bits per heavy atom. The summed E-state index contributed by atoms with van der Waals surface area (Å²) in [4.78, 5) is 21.6. The molecule has 3 heterocycles. The SMILES string of the molecule is Cc1cc(NC(=O)NCC2=NOC(COc3ccccc3-n3cccn3)C2)ccn1. The summed E-state index contributed by atoms with van der Waals surface area (Å²) >= 11 is 0. The van der Waals surface area contributed by atoms with E-state index < -0.39 is 0 Å². The molecule has 1 aliphatic rings. The third kappa shape index (κ3) is 4.93. The summed E-state index contributed by atoms with van der Waals surface area (Å²) in [7, 11) is 0. The van der Waals surface area contributed by atoms with E-state index in [1.807, 2.05) is 43.5 Å². The van der Waals surface area contributed by atoms with Gasteiger partial charge in [0.15, 0.2) is 6.10 Å². The van der Waals surface area contributed by atoms with Crippen LogP contribution in [-0.4, -0.2) is 45.8 Å². The summed E-state index contributed by atoms with van der Waals surface area (Å²) in [5.41, 5.74) is 3.13. The molecule has 0 aliphatic carbocycles. The quantitative estimate of drug-likeness (QED) is 0.628. The van der Waals surface area contributed by atoms with Crippen LogP contribution in [0, 0.1) is 6.92 Å². The molecule has 0 spiro atoms. The molecule has 1 atom stereocenters. The van der Waals surface area contributed by atoms with Crippen molar-refractivity contribution in [2.24, 2.45) is 5.16 Å². The Kier molecular flexibility index (Phi) is 5.88. The van der Waals surface area contributed by atoms with Crippen molar-refractivity contribution in [3.63, 3.8) is 0 Å². The Balaban J connectivity index is 1.23. The zero-order valence-electron chi connectivity index (χ0n) is 16.5. The lowest BCUT2D eigenvalue weighted by Gasteiger charge is -2.14. The molecule has 4 rings (SSSR count). The molecule has 1 aromatic carbocycles. The van der Waals surface area contributed by atoms with Gasteiger partial charge in [-0.25, -0.2) is 9.48 Å². The van der Waals surface area contributed by atoms with Crippen molar-refractivity contribution in [2.75, 3.05) is 18.5 Å². The van der Waals surface area contributed by atoms with Crippen LogP contribution in [0.3, 0.4) is 0 Å². The van der Waals surface area contributed by atoms with Crippen LogP contribution in [0.2, 0.25) is 0 Å². The van der Waals surface area contributed by atoms with Gasteiger partial charge in [-0.2, -0.15) is 5.10 Å². The van der Waals surface area contributed by atoms with Gasteiger partial charge in [-0.1, -0.05) is 17.3 Å². The smallest absolute Gasteiger partial charge is 0.319 e. The minimum Gasteiger partial charge on any atom is -0.487 e. The molecule has 30 heavy (non-hydrogen) atoms. The summed E-state index contributed by atoms with van der Waals surface area (Å²) in [6.07, 6.45) is 5.60. The average molecular weight is 406 g/mol. The molecule has 9 nitrogen and oxygen atoms in total. The first kappa shape index (κ1) is 19.4. The van der Waals surface area contributed by atoms with E-state index >= 15 is 0 Å². The number of amides is 2. The Hall–Kier alpha value is -3.88. The molecule has 2 N–H and O–H groups in total. The van der Waals surface area contributed by atoms with Gasteiger partial charge in [-0.3, -0.25) is 4.98 Å². The predicted octanol–water partition coefficient (Wildman–Crippen LogP) is 2.92. The lowest BCUT2D eigenvalue weighted by molar-refractivity contribution is 0.0470. The predicted molar refractivity (Wildman–Crippen MR) is 112 cm³/mol. The van der Waals surface area contributed by atoms with Gasteiger partial charge in [0.1, 0.15) is 18.0 Å². The molecule has 0 saturated heterocycles. The second-order valence-corrected chi connectivity index (χ2v) is 6.81. The number of urea groups is 1. The number of para-hydroxylation sites is 2. The molecular formula is C21H22N6O3. The number of oxime groups is 1. The van der Waals surface area contributed by atoms with Gasteiger partial charge in [0, 0.05) is 36.4 Å². The number of aromatic nitrogens is 3. The van der Waals surface area contributed by atoms with Gasteiger partial charge in [0.2, 0.25) is 0 Å². The molecule has 9 heteroatoms. The number of nitrogens with one attached hydrogen (secondary N) is 2. The first-order valence-corrected chi connectivity index (χ1v) is 9.58. The first-order valence-electron chi connectivity index (χ1n) is 9.58. The summed E-state index contributed by atoms with van der Waals surface area (Å²) in [5, 5.41) is 13.9. The molecule has 154 valence electrons. The van der Waals surface area contributed by atoms with Gasteiger partial charge in [0.05, 0.1) is 12.3 Å². The number of hydrogen-bond acceptors (Lipinski definition) is 6. The van der Waals surface area contributed by atoms with Crippen LogP contribution in [0.4, 0.5) is 10.5 Å². The van der Waals surface area contributed by atoms with Crippen LogP contribution in [0.1, 0.15) is 12.1 Å². The van der Waals surface area contributed by atoms with Crippen molar-refractivity contribution in [3.05, 3.63) is 66.7 Å². The highest BCUT2D eigenvalue weighted by molar-refractivity contribution is 5.94. The second kappa shape index (κ2) is 9.08. The zero-order chi connectivity index (χ0) is 20.8. The molecule has 1 unspecified atom stereocenters. The van der Waals surface area contributed by atoms with E-state index in [0.29, 0.717) is 31.0 Å². The third-order valence-electron chi connectivity index (χ3n) is 4.44. The molecule has 0 radical (unpaired) electrons. The highest BCUT2D eigenvalue weighted by Gasteiger charge is 2.22. The molecule has 3 aromatic rings. The number of carbonyl (C=O) groups excluding carboxylic acids is 1. The van der Waals surface area contributed by atoms with Crippen LogP contribution >= 0.6 is 0 Å². The molecule has 0 bridgehead atoms. The van der Waals surface area contributed by atoms with Gasteiger partial charge >= 0.3 is 6.03 Å². The highest BCUT2D eigenvalue weighted by atomic mass is 16.7. The topological polar surface area (TPSA) is 103 Å². The van der Waals surface area contributed by atoms with Gasteiger partial charge in [-0.15, -0.1) is 0 Å². The average Bonchev–Trinajstić information content (AvgIpc) is 3.43. The van der Waals surface area contributed by atoms with Crippen LogP contribution in [-0.2, 0) is 4.84 Å². The monoisotopic (exact) mass is 406 g/mol. The first-order chi connectivity index (χ1) is 14.7. The normalized spacial score (nSPS) is 15.2. The maximum absolute atomic E-state index is 12.1. The second-order valence-electron chi connectivity index (χ2n) is 6.81. The number of carbonyl (C=O) groups is 1. The summed E-state index contributed by atoms with van der Waals surface area (Å²) in [6, 6.07) is 12.7. The van der Waals surface area contributed by atoms with Crippen molar-refractivity contribution in [1.29, 1.82) is 0 Å². The summed E-state index contributed by atoms with van der Waals surface area (Å²) in [5.74, 6) is 0.711. The molecule has 1 aliphatic heterocycles. The van der Waals surface area contributed by atoms with Crippen molar-refractivity contribution >= 4 is 17.4 Å². The Bertz CT molecular complexity index is 1030. The number of anilines is 1. The fourth-order valence-electron chi connectivity index (χ4n) is 3.02. The fraction of sp³-hybridized carbons (Fsp3) is 0.238. The molecule has 2 amide bonds. The Morgan fingerprint density at radius 2 is 2.17 bits per heavy atom.